The molecule has 2 aromatic heterocycles. The van der Waals surface area contributed by atoms with Gasteiger partial charge in [-0.05, 0) is 57.6 Å². The van der Waals surface area contributed by atoms with Gasteiger partial charge in [0, 0.05) is 45.7 Å². The Morgan fingerprint density at radius 1 is 1.23 bits per heavy atom. The van der Waals surface area contributed by atoms with Crippen molar-refractivity contribution in [1.29, 1.82) is 0 Å². The molecule has 3 aromatic rings. The van der Waals surface area contributed by atoms with E-state index in [2.05, 4.69) is 50.4 Å². The summed E-state index contributed by atoms with van der Waals surface area (Å²) in [5.41, 5.74) is 4.65. The lowest BCUT2D eigenvalue weighted by Gasteiger charge is -2.26. The molecule has 0 saturated heterocycles. The van der Waals surface area contributed by atoms with Crippen LogP contribution in [0.3, 0.4) is 0 Å². The maximum atomic E-state index is 11.8. The Morgan fingerprint density at radius 3 is 2.61 bits per heavy atom. The molecule has 5 heteroatoms. The van der Waals surface area contributed by atoms with E-state index in [0.29, 0.717) is 23.7 Å². The van der Waals surface area contributed by atoms with Gasteiger partial charge in [0.05, 0.1) is 5.69 Å². The number of aryl methyl sites for hydroxylation is 1. The zero-order valence-electron chi connectivity index (χ0n) is 19.1. The summed E-state index contributed by atoms with van der Waals surface area (Å²) in [7, 11) is 0. The predicted molar refractivity (Wildman–Crippen MR) is 126 cm³/mol. The molecule has 1 aromatic carbocycles. The summed E-state index contributed by atoms with van der Waals surface area (Å²) in [5, 5.41) is 1.11. The quantitative estimate of drug-likeness (QED) is 0.405. The van der Waals surface area contributed by atoms with E-state index in [1.54, 1.807) is 12.1 Å². The van der Waals surface area contributed by atoms with Crippen molar-refractivity contribution in [3.05, 3.63) is 58.4 Å². The molecule has 0 spiro atoms. The Morgan fingerprint density at radius 2 is 1.97 bits per heavy atom. The predicted octanol–water partition coefficient (Wildman–Crippen LogP) is 4.71. The summed E-state index contributed by atoms with van der Waals surface area (Å²) in [4.78, 5) is 22.4. The van der Waals surface area contributed by atoms with Crippen LogP contribution in [-0.2, 0) is 5.41 Å². The van der Waals surface area contributed by atoms with Gasteiger partial charge in [-0.15, -0.1) is 6.42 Å². The molecule has 5 nitrogen and oxygen atoms in total. The number of carbonyl (C=O) groups excluding carboxylic acids is 1. The molecule has 0 aliphatic heterocycles. The minimum atomic E-state index is -0.534. The smallest absolute Gasteiger partial charge is 0.213 e. The number of ether oxygens (including phenoxy) is 1. The number of carbonyl (C=O) groups is 1. The highest BCUT2D eigenvalue weighted by molar-refractivity contribution is 5.86. The first-order valence-corrected chi connectivity index (χ1v) is 10.8. The highest BCUT2D eigenvalue weighted by Gasteiger charge is 2.32. The number of aldehydes is 1. The van der Waals surface area contributed by atoms with Gasteiger partial charge in [0.1, 0.15) is 6.61 Å². The molecular formula is C26H31N3O2. The molecule has 0 unspecified atom stereocenters. The van der Waals surface area contributed by atoms with Crippen molar-refractivity contribution >= 4 is 17.2 Å². The molecular weight excluding hydrogens is 386 g/mol. The van der Waals surface area contributed by atoms with Crippen LogP contribution in [0.4, 0.5) is 0 Å². The van der Waals surface area contributed by atoms with Gasteiger partial charge in [0.25, 0.3) is 0 Å². The maximum absolute atomic E-state index is 11.8. The molecule has 0 aliphatic rings. The van der Waals surface area contributed by atoms with Gasteiger partial charge in [-0.25, -0.2) is 4.98 Å². The number of aromatic nitrogens is 2. The third-order valence-electron chi connectivity index (χ3n) is 6.02. The topological polar surface area (TPSA) is 58.2 Å². The second-order valence-corrected chi connectivity index (χ2v) is 8.24. The molecule has 0 amide bonds. The number of fused-ring (bicyclic) bond motifs is 1. The van der Waals surface area contributed by atoms with E-state index >= 15 is 0 Å². The van der Waals surface area contributed by atoms with Gasteiger partial charge in [-0.3, -0.25) is 4.79 Å². The second-order valence-electron chi connectivity index (χ2n) is 8.24. The number of likely N-dealkylation sites (N-methyl/N-ethyl adjacent to an activating group) is 1. The monoisotopic (exact) mass is 417 g/mol. The molecule has 2 heterocycles. The Labute approximate surface area is 184 Å². The molecule has 162 valence electrons. The molecule has 0 saturated carbocycles. The summed E-state index contributed by atoms with van der Waals surface area (Å²) >= 11 is 0. The van der Waals surface area contributed by atoms with Crippen LogP contribution < -0.4 is 4.74 Å². The zero-order valence-corrected chi connectivity index (χ0v) is 19.1. The van der Waals surface area contributed by atoms with Crippen LogP contribution in [0.1, 0.15) is 60.6 Å². The number of aromatic amines is 1. The molecule has 31 heavy (non-hydrogen) atoms. The fraction of sp³-hybridized carbons (Fsp3) is 0.385. The van der Waals surface area contributed by atoms with Crippen LogP contribution in [0.2, 0.25) is 0 Å². The zero-order chi connectivity index (χ0) is 22.6. The number of H-pyrrole nitrogens is 1. The van der Waals surface area contributed by atoms with Crippen molar-refractivity contribution in [3.8, 4) is 18.2 Å². The molecule has 0 radical (unpaired) electrons. The SMILES string of the molecule is C#Cc1ccc2c(C)c(C(C)(C)c3nc(OCCN(CC)CC)ccc3C=O)[nH]c2c1. The van der Waals surface area contributed by atoms with Crippen molar-refractivity contribution in [2.24, 2.45) is 0 Å². The summed E-state index contributed by atoms with van der Waals surface area (Å²) in [6, 6.07) is 9.51. The van der Waals surface area contributed by atoms with Gasteiger partial charge in [0.15, 0.2) is 6.29 Å². The minimum absolute atomic E-state index is 0.532. The van der Waals surface area contributed by atoms with Crippen LogP contribution in [0.25, 0.3) is 10.9 Å². The van der Waals surface area contributed by atoms with Gasteiger partial charge >= 0.3 is 0 Å². The Bertz CT molecular complexity index is 1120. The number of terminal acetylenes is 1. The Balaban J connectivity index is 1.98. The summed E-state index contributed by atoms with van der Waals surface area (Å²) < 4.78 is 5.93. The van der Waals surface area contributed by atoms with E-state index in [1.165, 1.54) is 0 Å². The van der Waals surface area contributed by atoms with Crippen LogP contribution >= 0.6 is 0 Å². The van der Waals surface area contributed by atoms with Crippen LogP contribution in [0.15, 0.2) is 30.3 Å². The van der Waals surface area contributed by atoms with Crippen molar-refractivity contribution in [2.45, 2.75) is 40.0 Å². The lowest BCUT2D eigenvalue weighted by molar-refractivity contribution is 0.112. The average Bonchev–Trinajstić information content (AvgIpc) is 3.13. The third kappa shape index (κ3) is 4.50. The van der Waals surface area contributed by atoms with Gasteiger partial charge in [-0.2, -0.15) is 0 Å². The molecule has 0 bridgehead atoms. The third-order valence-corrected chi connectivity index (χ3v) is 6.02. The van der Waals surface area contributed by atoms with Crippen molar-refractivity contribution in [2.75, 3.05) is 26.2 Å². The number of hydrogen-bond donors (Lipinski definition) is 1. The van der Waals surface area contributed by atoms with E-state index in [0.717, 1.165) is 53.6 Å². The number of benzene rings is 1. The fourth-order valence-corrected chi connectivity index (χ4v) is 4.12. The van der Waals surface area contributed by atoms with Crippen LogP contribution in [-0.4, -0.2) is 47.4 Å². The van der Waals surface area contributed by atoms with Gasteiger partial charge < -0.3 is 14.6 Å². The largest absolute Gasteiger partial charge is 0.476 e. The number of pyridine rings is 1. The number of nitrogens with one attached hydrogen (secondary N) is 1. The first kappa shape index (κ1) is 22.6. The van der Waals surface area contributed by atoms with Crippen molar-refractivity contribution in [1.82, 2.24) is 14.9 Å². The Hall–Kier alpha value is -3.10. The van der Waals surface area contributed by atoms with E-state index in [1.807, 2.05) is 18.2 Å². The van der Waals surface area contributed by atoms with Gasteiger partial charge in [0.2, 0.25) is 5.88 Å². The first-order chi connectivity index (χ1) is 14.8. The summed E-state index contributed by atoms with van der Waals surface area (Å²) in [6.45, 7) is 13.8. The highest BCUT2D eigenvalue weighted by Crippen LogP contribution is 2.37. The van der Waals surface area contributed by atoms with Crippen molar-refractivity contribution in [3.63, 3.8) is 0 Å². The fourth-order valence-electron chi connectivity index (χ4n) is 4.12. The molecule has 1 N–H and O–H groups in total. The van der Waals surface area contributed by atoms with E-state index < -0.39 is 5.41 Å². The highest BCUT2D eigenvalue weighted by atomic mass is 16.5. The first-order valence-electron chi connectivity index (χ1n) is 10.8. The minimum Gasteiger partial charge on any atom is -0.476 e. The van der Waals surface area contributed by atoms with Crippen molar-refractivity contribution < 1.29 is 9.53 Å². The number of rotatable bonds is 9. The second kappa shape index (κ2) is 9.36. The van der Waals surface area contributed by atoms with Crippen LogP contribution in [0, 0.1) is 19.3 Å². The van der Waals surface area contributed by atoms with E-state index in [4.69, 9.17) is 16.1 Å². The Kier molecular flexibility index (Phi) is 6.82. The summed E-state index contributed by atoms with van der Waals surface area (Å²) in [6.07, 6.45) is 6.42. The van der Waals surface area contributed by atoms with E-state index in [-0.39, 0.29) is 0 Å². The molecule has 3 rings (SSSR count). The normalized spacial score (nSPS) is 11.6. The maximum Gasteiger partial charge on any atom is 0.213 e. The number of hydrogen-bond acceptors (Lipinski definition) is 4. The molecule has 0 fully saturated rings. The van der Waals surface area contributed by atoms with Crippen LogP contribution in [0.5, 0.6) is 5.88 Å². The van der Waals surface area contributed by atoms with E-state index in [9.17, 15) is 4.79 Å². The lowest BCUT2D eigenvalue weighted by Crippen LogP contribution is -2.28. The summed E-state index contributed by atoms with van der Waals surface area (Å²) in [5.74, 6) is 3.21. The molecule has 0 atom stereocenters. The lowest BCUT2D eigenvalue weighted by atomic mass is 9.81. The van der Waals surface area contributed by atoms with Gasteiger partial charge in [-0.1, -0.05) is 25.8 Å². The standard InChI is InChI=1S/C26H31N3O2/c1-7-19-10-12-21-18(4)24(27-22(21)16-19)26(5,6)25-20(17-30)11-13-23(28-25)31-15-14-29(8-2)9-3/h1,10-13,16-17,27H,8-9,14-15H2,2-6H3. The molecule has 0 aliphatic carbocycles. The average molecular weight is 418 g/mol. The number of nitrogens with zero attached hydrogens (tertiary/aromatic N) is 2.